The predicted octanol–water partition coefficient (Wildman–Crippen LogP) is 6.03. The largest absolute Gasteiger partial charge is 0.497 e. The number of rotatable bonds is 9. The summed E-state index contributed by atoms with van der Waals surface area (Å²) in [6.45, 7) is 7.44. The monoisotopic (exact) mass is 442 g/mol. The Morgan fingerprint density at radius 2 is 1.55 bits per heavy atom. The second-order valence-corrected chi connectivity index (χ2v) is 7.34. The van der Waals surface area contributed by atoms with Gasteiger partial charge in [0.05, 0.1) is 7.11 Å². The van der Waals surface area contributed by atoms with E-state index < -0.39 is 5.97 Å². The first kappa shape index (κ1) is 23.5. The normalized spacial score (nSPS) is 10.6. The van der Waals surface area contributed by atoms with Gasteiger partial charge in [0.15, 0.2) is 5.78 Å². The van der Waals surface area contributed by atoms with Gasteiger partial charge in [-0.15, -0.1) is 0 Å². The van der Waals surface area contributed by atoms with Crippen molar-refractivity contribution in [1.29, 1.82) is 0 Å². The fourth-order valence-corrected chi connectivity index (χ4v) is 3.06. The maximum atomic E-state index is 13.1. The molecule has 0 N–H and O–H groups in total. The molecule has 0 aliphatic rings. The molecule has 3 aromatic carbocycles. The van der Waals surface area contributed by atoms with Gasteiger partial charge in [0.1, 0.15) is 23.9 Å². The van der Waals surface area contributed by atoms with Gasteiger partial charge in [0.25, 0.3) is 0 Å². The third-order valence-electron chi connectivity index (χ3n) is 4.89. The van der Waals surface area contributed by atoms with Crippen LogP contribution in [0, 0.1) is 0 Å². The molecule has 0 amide bonds. The number of carbonyl (C=O) groups is 2. The van der Waals surface area contributed by atoms with Gasteiger partial charge in [0, 0.05) is 22.3 Å². The van der Waals surface area contributed by atoms with Gasteiger partial charge in [-0.05, 0) is 67.9 Å². The van der Waals surface area contributed by atoms with Gasteiger partial charge in [-0.25, -0.2) is 4.79 Å². The second-order valence-electron chi connectivity index (χ2n) is 7.34. The van der Waals surface area contributed by atoms with Crippen molar-refractivity contribution in [3.8, 4) is 28.4 Å². The fraction of sp³-hybridized carbons (Fsp3) is 0.143. The van der Waals surface area contributed by atoms with E-state index in [1.165, 1.54) is 0 Å². The summed E-state index contributed by atoms with van der Waals surface area (Å²) in [6.07, 6.45) is 3.81. The Morgan fingerprint density at radius 1 is 0.909 bits per heavy atom. The lowest BCUT2D eigenvalue weighted by atomic mass is 9.98. The predicted molar refractivity (Wildman–Crippen MR) is 129 cm³/mol. The van der Waals surface area contributed by atoms with Gasteiger partial charge in [0.2, 0.25) is 0 Å². The lowest BCUT2D eigenvalue weighted by molar-refractivity contribution is -0.130. The molecule has 5 heteroatoms. The molecular weight excluding hydrogens is 416 g/mol. The summed E-state index contributed by atoms with van der Waals surface area (Å²) in [5.41, 5.74) is 3.10. The Hall–Kier alpha value is -4.12. The van der Waals surface area contributed by atoms with Crippen LogP contribution in [0.4, 0.5) is 0 Å². The second kappa shape index (κ2) is 11.0. The first-order chi connectivity index (χ1) is 15.9. The van der Waals surface area contributed by atoms with Crippen molar-refractivity contribution in [2.24, 2.45) is 0 Å². The van der Waals surface area contributed by atoms with E-state index in [1.54, 1.807) is 50.4 Å². The average molecular weight is 443 g/mol. The average Bonchev–Trinajstić information content (AvgIpc) is 2.84. The molecule has 0 fully saturated rings. The Labute approximate surface area is 193 Å². The van der Waals surface area contributed by atoms with E-state index in [4.69, 9.17) is 14.2 Å². The van der Waals surface area contributed by atoms with Crippen molar-refractivity contribution in [1.82, 2.24) is 0 Å². The maximum Gasteiger partial charge on any atom is 0.338 e. The van der Waals surface area contributed by atoms with Crippen molar-refractivity contribution in [2.45, 2.75) is 13.8 Å². The smallest absolute Gasteiger partial charge is 0.338 e. The zero-order chi connectivity index (χ0) is 23.8. The maximum absolute atomic E-state index is 13.1. The molecule has 0 aliphatic heterocycles. The van der Waals surface area contributed by atoms with Crippen LogP contribution in [0.1, 0.15) is 29.8 Å². The van der Waals surface area contributed by atoms with Gasteiger partial charge in [-0.2, -0.15) is 0 Å². The van der Waals surface area contributed by atoms with Crippen molar-refractivity contribution < 1.29 is 23.8 Å². The standard InChI is InChI=1S/C28H26O5/c1-5-6-17-32-26-18-22(11-16-25(26)20-7-12-23(31-4)13-8-20)27(29)21-9-14-24(15-10-21)33-28(30)19(2)3/h5-16,18H,2,17H2,1,3-4H3/b6-5+. The zero-order valence-corrected chi connectivity index (χ0v) is 19.0. The minimum atomic E-state index is -0.508. The fourth-order valence-electron chi connectivity index (χ4n) is 3.06. The molecular formula is C28H26O5. The number of allylic oxidation sites excluding steroid dienone is 1. The molecule has 168 valence electrons. The van der Waals surface area contributed by atoms with Crippen LogP contribution < -0.4 is 14.2 Å². The van der Waals surface area contributed by atoms with Crippen LogP contribution >= 0.6 is 0 Å². The molecule has 0 saturated heterocycles. The Bertz CT molecular complexity index is 1170. The third kappa shape index (κ3) is 5.98. The summed E-state index contributed by atoms with van der Waals surface area (Å²) in [6, 6.07) is 19.5. The minimum absolute atomic E-state index is 0.162. The van der Waals surface area contributed by atoms with Crippen LogP contribution in [0.15, 0.2) is 91.0 Å². The topological polar surface area (TPSA) is 61.8 Å². The first-order valence-electron chi connectivity index (χ1n) is 10.5. The number of carbonyl (C=O) groups excluding carboxylic acids is 2. The van der Waals surface area contributed by atoms with Gasteiger partial charge < -0.3 is 14.2 Å². The molecule has 0 heterocycles. The summed E-state index contributed by atoms with van der Waals surface area (Å²) in [7, 11) is 1.62. The Morgan fingerprint density at radius 3 is 2.15 bits per heavy atom. The zero-order valence-electron chi connectivity index (χ0n) is 19.0. The lowest BCUT2D eigenvalue weighted by Crippen LogP contribution is -2.08. The molecule has 3 aromatic rings. The van der Waals surface area contributed by atoms with E-state index in [-0.39, 0.29) is 5.78 Å². The van der Waals surface area contributed by atoms with Crippen LogP contribution in [-0.2, 0) is 4.79 Å². The number of hydrogen-bond acceptors (Lipinski definition) is 5. The van der Waals surface area contributed by atoms with E-state index in [9.17, 15) is 9.59 Å². The highest BCUT2D eigenvalue weighted by molar-refractivity contribution is 6.09. The highest BCUT2D eigenvalue weighted by atomic mass is 16.5. The van der Waals surface area contributed by atoms with Crippen molar-refractivity contribution in [3.05, 3.63) is 102 Å². The highest BCUT2D eigenvalue weighted by Gasteiger charge is 2.15. The minimum Gasteiger partial charge on any atom is -0.497 e. The van der Waals surface area contributed by atoms with Gasteiger partial charge in [-0.1, -0.05) is 36.9 Å². The third-order valence-corrected chi connectivity index (χ3v) is 4.89. The van der Waals surface area contributed by atoms with Crippen LogP contribution in [0.3, 0.4) is 0 Å². The van der Waals surface area contributed by atoms with Gasteiger partial charge >= 0.3 is 5.97 Å². The van der Waals surface area contributed by atoms with Crippen molar-refractivity contribution >= 4 is 11.8 Å². The first-order valence-corrected chi connectivity index (χ1v) is 10.5. The summed E-state index contributed by atoms with van der Waals surface area (Å²) in [5, 5.41) is 0. The molecule has 0 unspecified atom stereocenters. The molecule has 3 rings (SSSR count). The number of benzene rings is 3. The van der Waals surface area contributed by atoms with Crippen molar-refractivity contribution in [2.75, 3.05) is 13.7 Å². The molecule has 0 bridgehead atoms. The summed E-state index contributed by atoms with van der Waals surface area (Å²) >= 11 is 0. The molecule has 0 spiro atoms. The molecule has 33 heavy (non-hydrogen) atoms. The molecule has 0 atom stereocenters. The molecule has 5 nitrogen and oxygen atoms in total. The molecule has 0 saturated carbocycles. The van der Waals surface area contributed by atoms with Crippen LogP contribution in [0.2, 0.25) is 0 Å². The van der Waals surface area contributed by atoms with E-state index in [0.717, 1.165) is 16.9 Å². The van der Waals surface area contributed by atoms with E-state index >= 15 is 0 Å². The number of methoxy groups -OCH3 is 1. The van der Waals surface area contributed by atoms with Gasteiger partial charge in [-0.3, -0.25) is 4.79 Å². The summed E-state index contributed by atoms with van der Waals surface area (Å²) in [5.74, 6) is 1.05. The Balaban J connectivity index is 1.88. The van der Waals surface area contributed by atoms with E-state index in [0.29, 0.717) is 34.8 Å². The van der Waals surface area contributed by atoms with Crippen LogP contribution in [0.5, 0.6) is 17.2 Å². The van der Waals surface area contributed by atoms with Crippen molar-refractivity contribution in [3.63, 3.8) is 0 Å². The molecule has 0 aromatic heterocycles. The SMILES string of the molecule is C=C(C)C(=O)Oc1ccc(C(=O)c2ccc(-c3ccc(OC)cc3)c(OC/C=C/C)c2)cc1. The van der Waals surface area contributed by atoms with Crippen LogP contribution in [-0.4, -0.2) is 25.5 Å². The number of ketones is 1. The number of ether oxygens (including phenoxy) is 3. The molecule has 0 aliphatic carbocycles. The quantitative estimate of drug-likeness (QED) is 0.133. The highest BCUT2D eigenvalue weighted by Crippen LogP contribution is 2.33. The van der Waals surface area contributed by atoms with E-state index in [2.05, 4.69) is 6.58 Å². The lowest BCUT2D eigenvalue weighted by Gasteiger charge is -2.13. The van der Waals surface area contributed by atoms with Crippen LogP contribution in [0.25, 0.3) is 11.1 Å². The number of esters is 1. The number of hydrogen-bond donors (Lipinski definition) is 0. The summed E-state index contributed by atoms with van der Waals surface area (Å²) in [4.78, 5) is 24.8. The Kier molecular flexibility index (Phi) is 7.82. The summed E-state index contributed by atoms with van der Waals surface area (Å²) < 4.78 is 16.4. The molecule has 0 radical (unpaired) electrons. The van der Waals surface area contributed by atoms with E-state index in [1.807, 2.05) is 49.4 Å².